The van der Waals surface area contributed by atoms with Crippen LogP contribution in [0.1, 0.15) is 17.0 Å². The molecular weight excluding hydrogens is 418 g/mol. The largest absolute Gasteiger partial charge is 0.495 e. The number of benzene rings is 2. The van der Waals surface area contributed by atoms with Gasteiger partial charge in [0.25, 0.3) is 0 Å². The summed E-state index contributed by atoms with van der Waals surface area (Å²) in [5.74, 6) is 0.540. The lowest BCUT2D eigenvalue weighted by Crippen LogP contribution is -2.24. The third-order valence-corrected chi connectivity index (χ3v) is 5.55. The number of aryl methyl sites for hydroxylation is 1. The lowest BCUT2D eigenvalue weighted by molar-refractivity contribution is 0.252. The zero-order valence-electron chi connectivity index (χ0n) is 17.3. The molecule has 0 aliphatic heterocycles. The summed E-state index contributed by atoms with van der Waals surface area (Å²) in [4.78, 5) is 12.2. The standard InChI is InChI=1S/C21H23N5O4S/c1-14-12-16(13-23-25-21(27)24-19-6-4-5-7-20(19)30-3)15(2)26(14)17-8-10-18(11-9-17)31(22,28)29/h4-13H,1-3H3,(H2,22,28,29)(H2,24,25,27)/b23-13+. The third-order valence-electron chi connectivity index (χ3n) is 4.62. The van der Waals surface area contributed by atoms with E-state index in [0.717, 1.165) is 22.6 Å². The van der Waals surface area contributed by atoms with Crippen LogP contribution in [0.5, 0.6) is 5.75 Å². The molecule has 3 aromatic rings. The number of primary sulfonamides is 1. The normalized spacial score (nSPS) is 11.5. The van der Waals surface area contributed by atoms with E-state index in [-0.39, 0.29) is 4.90 Å². The lowest BCUT2D eigenvalue weighted by Gasteiger charge is -2.10. The molecule has 0 bridgehead atoms. The summed E-state index contributed by atoms with van der Waals surface area (Å²) in [6.07, 6.45) is 1.54. The maximum Gasteiger partial charge on any atom is 0.339 e. The minimum atomic E-state index is -3.75. The van der Waals surface area contributed by atoms with Crippen molar-refractivity contribution in [2.75, 3.05) is 12.4 Å². The van der Waals surface area contributed by atoms with Gasteiger partial charge in [-0.3, -0.25) is 0 Å². The summed E-state index contributed by atoms with van der Waals surface area (Å²) in [5.41, 5.74) is 6.32. The molecule has 0 aliphatic carbocycles. The van der Waals surface area contributed by atoms with Crippen LogP contribution in [0.15, 0.2) is 64.6 Å². The highest BCUT2D eigenvalue weighted by molar-refractivity contribution is 7.89. The number of methoxy groups -OCH3 is 1. The first-order valence-electron chi connectivity index (χ1n) is 9.26. The van der Waals surface area contributed by atoms with E-state index in [1.165, 1.54) is 19.2 Å². The van der Waals surface area contributed by atoms with Crippen molar-refractivity contribution >= 4 is 28.0 Å². The summed E-state index contributed by atoms with van der Waals surface area (Å²) >= 11 is 0. The number of hydrogen-bond acceptors (Lipinski definition) is 5. The highest BCUT2D eigenvalue weighted by atomic mass is 32.2. The zero-order valence-corrected chi connectivity index (χ0v) is 18.1. The molecule has 0 atom stereocenters. The second-order valence-electron chi connectivity index (χ2n) is 6.73. The van der Waals surface area contributed by atoms with E-state index in [1.54, 1.807) is 42.6 Å². The van der Waals surface area contributed by atoms with Crippen molar-refractivity contribution in [3.05, 3.63) is 71.5 Å². The van der Waals surface area contributed by atoms with Crippen LogP contribution in [-0.4, -0.2) is 32.3 Å². The number of hydrogen-bond donors (Lipinski definition) is 3. The Hall–Kier alpha value is -3.63. The minimum absolute atomic E-state index is 0.0470. The smallest absolute Gasteiger partial charge is 0.339 e. The molecule has 3 rings (SSSR count). The molecular formula is C21H23N5O4S. The first kappa shape index (κ1) is 22.1. The molecule has 10 heteroatoms. The molecule has 0 spiro atoms. The van der Waals surface area contributed by atoms with Gasteiger partial charge in [-0.15, -0.1) is 0 Å². The maximum absolute atomic E-state index is 12.1. The Labute approximate surface area is 180 Å². The van der Waals surface area contributed by atoms with E-state index in [2.05, 4.69) is 15.8 Å². The van der Waals surface area contributed by atoms with Gasteiger partial charge in [0.2, 0.25) is 10.0 Å². The maximum atomic E-state index is 12.1. The van der Waals surface area contributed by atoms with Gasteiger partial charge in [-0.05, 0) is 56.3 Å². The third kappa shape index (κ3) is 5.11. The Morgan fingerprint density at radius 1 is 1.13 bits per heavy atom. The molecule has 162 valence electrons. The van der Waals surface area contributed by atoms with E-state index >= 15 is 0 Å². The van der Waals surface area contributed by atoms with Crippen molar-refractivity contribution in [2.24, 2.45) is 10.2 Å². The van der Waals surface area contributed by atoms with E-state index in [4.69, 9.17) is 9.88 Å². The number of nitrogens with two attached hydrogens (primary N) is 1. The van der Waals surface area contributed by atoms with E-state index in [1.807, 2.05) is 24.5 Å². The number of carbonyl (C=O) groups is 1. The zero-order chi connectivity index (χ0) is 22.6. The molecule has 1 heterocycles. The van der Waals surface area contributed by atoms with Crippen LogP contribution in [-0.2, 0) is 10.0 Å². The van der Waals surface area contributed by atoms with Gasteiger partial charge >= 0.3 is 6.03 Å². The van der Waals surface area contributed by atoms with Crippen LogP contribution in [0.25, 0.3) is 5.69 Å². The molecule has 1 aromatic heterocycles. The van der Waals surface area contributed by atoms with Gasteiger partial charge in [-0.25, -0.2) is 23.8 Å². The molecule has 0 aliphatic rings. The van der Waals surface area contributed by atoms with E-state index < -0.39 is 16.1 Å². The summed E-state index contributed by atoms with van der Waals surface area (Å²) in [7, 11) is -2.23. The van der Waals surface area contributed by atoms with Crippen LogP contribution in [0.3, 0.4) is 0 Å². The topological polar surface area (TPSA) is 128 Å². The lowest BCUT2D eigenvalue weighted by atomic mass is 10.2. The number of carbonyl (C=O) groups excluding carboxylic acids is 1. The molecule has 0 fully saturated rings. The molecule has 2 amide bonds. The number of rotatable bonds is 6. The van der Waals surface area contributed by atoms with Crippen molar-refractivity contribution in [3.63, 3.8) is 0 Å². The summed E-state index contributed by atoms with van der Waals surface area (Å²) in [6, 6.07) is 14.7. The predicted octanol–water partition coefficient (Wildman–Crippen LogP) is 2.91. The molecule has 0 saturated heterocycles. The molecule has 31 heavy (non-hydrogen) atoms. The van der Waals surface area contributed by atoms with E-state index in [9.17, 15) is 13.2 Å². The number of hydrazone groups is 1. The van der Waals surface area contributed by atoms with Crippen molar-refractivity contribution in [2.45, 2.75) is 18.7 Å². The van der Waals surface area contributed by atoms with Crippen LogP contribution in [0.4, 0.5) is 10.5 Å². The van der Waals surface area contributed by atoms with Gasteiger partial charge in [0.1, 0.15) is 5.75 Å². The number of amides is 2. The number of para-hydroxylation sites is 2. The van der Waals surface area contributed by atoms with Gasteiger partial charge in [0.15, 0.2) is 0 Å². The minimum Gasteiger partial charge on any atom is -0.495 e. The molecule has 9 nitrogen and oxygen atoms in total. The van der Waals surface area contributed by atoms with Crippen LogP contribution >= 0.6 is 0 Å². The second kappa shape index (κ2) is 9.02. The van der Waals surface area contributed by atoms with Gasteiger partial charge in [-0.1, -0.05) is 12.1 Å². The molecule has 0 radical (unpaired) electrons. The van der Waals surface area contributed by atoms with E-state index in [0.29, 0.717) is 11.4 Å². The number of anilines is 1. The Balaban J connectivity index is 1.73. The monoisotopic (exact) mass is 441 g/mol. The van der Waals surface area contributed by atoms with Gasteiger partial charge in [-0.2, -0.15) is 5.10 Å². The van der Waals surface area contributed by atoms with Crippen LogP contribution < -0.4 is 20.6 Å². The first-order valence-corrected chi connectivity index (χ1v) is 10.8. The number of urea groups is 1. The number of ether oxygens (including phenoxy) is 1. The van der Waals surface area contributed by atoms with Crippen molar-refractivity contribution in [1.29, 1.82) is 0 Å². The number of nitrogens with zero attached hydrogens (tertiary/aromatic N) is 2. The Morgan fingerprint density at radius 2 is 1.81 bits per heavy atom. The predicted molar refractivity (Wildman–Crippen MR) is 119 cm³/mol. The second-order valence-corrected chi connectivity index (χ2v) is 8.29. The SMILES string of the molecule is COc1ccccc1NC(=O)N/N=C/c1cc(C)n(-c2ccc(S(N)(=O)=O)cc2)c1C. The average Bonchev–Trinajstić information content (AvgIpc) is 3.01. The van der Waals surface area contributed by atoms with Gasteiger partial charge in [0, 0.05) is 22.6 Å². The van der Waals surface area contributed by atoms with Crippen LogP contribution in [0, 0.1) is 13.8 Å². The van der Waals surface area contributed by atoms with Crippen LogP contribution in [0.2, 0.25) is 0 Å². The number of sulfonamides is 1. The van der Waals surface area contributed by atoms with Crippen molar-refractivity contribution < 1.29 is 17.9 Å². The fourth-order valence-electron chi connectivity index (χ4n) is 3.16. The highest BCUT2D eigenvalue weighted by Crippen LogP contribution is 2.23. The van der Waals surface area contributed by atoms with Gasteiger partial charge in [0.05, 0.1) is 23.9 Å². The number of aromatic nitrogens is 1. The Morgan fingerprint density at radius 3 is 2.45 bits per heavy atom. The Kier molecular flexibility index (Phi) is 6.42. The van der Waals surface area contributed by atoms with Crippen molar-refractivity contribution in [1.82, 2.24) is 9.99 Å². The Bertz CT molecular complexity index is 1230. The average molecular weight is 442 g/mol. The molecule has 2 aromatic carbocycles. The van der Waals surface area contributed by atoms with Gasteiger partial charge < -0.3 is 14.6 Å². The molecule has 0 saturated carbocycles. The fraction of sp³-hybridized carbons (Fsp3) is 0.143. The molecule has 0 unspecified atom stereocenters. The fourth-order valence-corrected chi connectivity index (χ4v) is 3.67. The summed E-state index contributed by atoms with van der Waals surface area (Å²) < 4.78 is 30.0. The first-order chi connectivity index (χ1) is 14.7. The van der Waals surface area contributed by atoms with Crippen molar-refractivity contribution in [3.8, 4) is 11.4 Å². The molecule has 4 N–H and O–H groups in total. The number of nitrogens with one attached hydrogen (secondary N) is 2. The summed E-state index contributed by atoms with van der Waals surface area (Å²) in [5, 5.41) is 11.8. The highest BCUT2D eigenvalue weighted by Gasteiger charge is 2.12. The quantitative estimate of drug-likeness (QED) is 0.401. The summed E-state index contributed by atoms with van der Waals surface area (Å²) in [6.45, 7) is 3.82.